The minimum absolute atomic E-state index is 0.669. The van der Waals surface area contributed by atoms with E-state index in [9.17, 15) is 0 Å². The van der Waals surface area contributed by atoms with E-state index in [2.05, 4.69) is 43.2 Å². The molecular weight excluding hydrogens is 208 g/mol. The number of aryl methyl sites for hydroxylation is 3. The molecule has 2 heterocycles. The summed E-state index contributed by atoms with van der Waals surface area (Å²) in [6, 6.07) is 4.54. The number of fused-ring (bicyclic) bond motifs is 1. The molecule has 2 nitrogen and oxygen atoms in total. The highest BCUT2D eigenvalue weighted by atomic mass is 14.9. The largest absolute Gasteiger partial charge is 0.358 e. The first-order chi connectivity index (χ1) is 8.16. The fourth-order valence-corrected chi connectivity index (χ4v) is 3.25. The Morgan fingerprint density at radius 2 is 2.00 bits per heavy atom. The smallest absolute Gasteiger partial charge is 0.0464 e. The first-order valence-electron chi connectivity index (χ1n) is 6.47. The molecule has 0 amide bonds. The molecule has 1 aromatic carbocycles. The van der Waals surface area contributed by atoms with Gasteiger partial charge in [0.05, 0.1) is 0 Å². The number of aromatic nitrogens is 1. The van der Waals surface area contributed by atoms with Gasteiger partial charge in [-0.2, -0.15) is 0 Å². The Labute approximate surface area is 102 Å². The molecule has 2 aromatic rings. The number of aromatic amines is 1. The highest BCUT2D eigenvalue weighted by Gasteiger charge is 2.21. The number of hydrogen-bond donors (Lipinski definition) is 2. The van der Waals surface area contributed by atoms with E-state index in [0.29, 0.717) is 5.92 Å². The lowest BCUT2D eigenvalue weighted by molar-refractivity contribution is 0.738. The fourth-order valence-electron chi connectivity index (χ4n) is 3.25. The van der Waals surface area contributed by atoms with Crippen LogP contribution in [0.15, 0.2) is 12.1 Å². The molecule has 1 unspecified atom stereocenters. The van der Waals surface area contributed by atoms with E-state index in [1.54, 1.807) is 0 Å². The first-order valence-corrected chi connectivity index (χ1v) is 6.47. The molecule has 0 radical (unpaired) electrons. The summed E-state index contributed by atoms with van der Waals surface area (Å²) >= 11 is 0. The van der Waals surface area contributed by atoms with Crippen LogP contribution in [0.4, 0.5) is 0 Å². The topological polar surface area (TPSA) is 27.8 Å². The molecule has 0 aliphatic carbocycles. The van der Waals surface area contributed by atoms with Crippen LogP contribution in [0.1, 0.15) is 34.7 Å². The third kappa shape index (κ3) is 1.67. The van der Waals surface area contributed by atoms with Crippen molar-refractivity contribution in [1.82, 2.24) is 10.3 Å². The van der Waals surface area contributed by atoms with Crippen LogP contribution < -0.4 is 5.32 Å². The van der Waals surface area contributed by atoms with Crippen LogP contribution in [-0.2, 0) is 0 Å². The van der Waals surface area contributed by atoms with Crippen molar-refractivity contribution in [2.24, 2.45) is 0 Å². The average Bonchev–Trinajstić information content (AvgIpc) is 2.85. The maximum absolute atomic E-state index is 3.65. The predicted molar refractivity (Wildman–Crippen MR) is 72.7 cm³/mol. The molecule has 90 valence electrons. The third-order valence-corrected chi connectivity index (χ3v) is 4.00. The molecule has 1 atom stereocenters. The van der Waals surface area contributed by atoms with E-state index in [-0.39, 0.29) is 0 Å². The quantitative estimate of drug-likeness (QED) is 0.771. The average molecular weight is 228 g/mol. The maximum atomic E-state index is 3.65. The zero-order valence-corrected chi connectivity index (χ0v) is 10.9. The highest BCUT2D eigenvalue weighted by Crippen LogP contribution is 2.32. The summed E-state index contributed by atoms with van der Waals surface area (Å²) in [5.74, 6) is 0.669. The van der Waals surface area contributed by atoms with Crippen molar-refractivity contribution in [2.45, 2.75) is 33.1 Å². The van der Waals surface area contributed by atoms with Crippen molar-refractivity contribution in [3.8, 4) is 0 Å². The van der Waals surface area contributed by atoms with Crippen LogP contribution in [0.3, 0.4) is 0 Å². The predicted octanol–water partition coefficient (Wildman–Crippen LogP) is 3.17. The van der Waals surface area contributed by atoms with Crippen molar-refractivity contribution < 1.29 is 0 Å². The van der Waals surface area contributed by atoms with E-state index in [4.69, 9.17) is 0 Å². The Hall–Kier alpha value is -1.28. The van der Waals surface area contributed by atoms with Crippen LogP contribution >= 0.6 is 0 Å². The summed E-state index contributed by atoms with van der Waals surface area (Å²) < 4.78 is 0. The Morgan fingerprint density at radius 1 is 1.18 bits per heavy atom. The van der Waals surface area contributed by atoms with Crippen molar-refractivity contribution >= 4 is 10.9 Å². The van der Waals surface area contributed by atoms with Crippen molar-refractivity contribution in [1.29, 1.82) is 0 Å². The number of hydrogen-bond acceptors (Lipinski definition) is 1. The summed E-state index contributed by atoms with van der Waals surface area (Å²) in [6.45, 7) is 8.91. The number of benzene rings is 1. The SMILES string of the molecule is Cc1cc(C)c2c(C)c(C3CCNC3)[nH]c2c1. The highest BCUT2D eigenvalue weighted by molar-refractivity contribution is 5.88. The van der Waals surface area contributed by atoms with Crippen LogP contribution in [0.25, 0.3) is 10.9 Å². The first kappa shape index (κ1) is 10.8. The van der Waals surface area contributed by atoms with Crippen LogP contribution in [-0.4, -0.2) is 18.1 Å². The van der Waals surface area contributed by atoms with Gasteiger partial charge in [-0.05, 0) is 56.5 Å². The normalized spacial score (nSPS) is 20.3. The van der Waals surface area contributed by atoms with E-state index < -0.39 is 0 Å². The lowest BCUT2D eigenvalue weighted by Crippen LogP contribution is -2.08. The van der Waals surface area contributed by atoms with Gasteiger partial charge in [0, 0.05) is 29.1 Å². The molecule has 1 fully saturated rings. The van der Waals surface area contributed by atoms with Gasteiger partial charge in [-0.25, -0.2) is 0 Å². The van der Waals surface area contributed by atoms with Gasteiger partial charge in [0.1, 0.15) is 0 Å². The molecule has 17 heavy (non-hydrogen) atoms. The lowest BCUT2D eigenvalue weighted by Gasteiger charge is -2.07. The van der Waals surface area contributed by atoms with Gasteiger partial charge in [-0.1, -0.05) is 6.07 Å². The van der Waals surface area contributed by atoms with Crippen molar-refractivity contribution in [3.63, 3.8) is 0 Å². The standard InChI is InChI=1S/C15H20N2/c1-9-6-10(2)14-11(3)15(17-13(14)7-9)12-4-5-16-8-12/h6-7,12,16-17H,4-5,8H2,1-3H3. The Bertz CT molecular complexity index is 560. The molecular formula is C15H20N2. The van der Waals surface area contributed by atoms with E-state index in [1.165, 1.54) is 39.7 Å². The summed E-state index contributed by atoms with van der Waals surface area (Å²) in [4.78, 5) is 3.65. The summed E-state index contributed by atoms with van der Waals surface area (Å²) in [5, 5.41) is 4.88. The van der Waals surface area contributed by atoms with Gasteiger partial charge in [-0.15, -0.1) is 0 Å². The Balaban J connectivity index is 2.20. The second kappa shape index (κ2) is 3.88. The summed E-state index contributed by atoms with van der Waals surface area (Å²) in [6.07, 6.45) is 1.26. The molecule has 1 aliphatic heterocycles. The molecule has 1 aliphatic rings. The van der Waals surface area contributed by atoms with Gasteiger partial charge in [0.2, 0.25) is 0 Å². The Morgan fingerprint density at radius 3 is 2.71 bits per heavy atom. The molecule has 1 saturated heterocycles. The van der Waals surface area contributed by atoms with E-state index in [0.717, 1.165) is 13.1 Å². The molecule has 0 saturated carbocycles. The number of nitrogens with one attached hydrogen (secondary N) is 2. The molecule has 0 spiro atoms. The number of rotatable bonds is 1. The van der Waals surface area contributed by atoms with Crippen LogP contribution in [0.2, 0.25) is 0 Å². The Kier molecular flexibility index (Phi) is 2.48. The number of H-pyrrole nitrogens is 1. The summed E-state index contributed by atoms with van der Waals surface area (Å²) in [5.41, 5.74) is 6.94. The zero-order chi connectivity index (χ0) is 12.0. The second-order valence-electron chi connectivity index (χ2n) is 5.36. The summed E-state index contributed by atoms with van der Waals surface area (Å²) in [7, 11) is 0. The van der Waals surface area contributed by atoms with Crippen LogP contribution in [0, 0.1) is 20.8 Å². The third-order valence-electron chi connectivity index (χ3n) is 4.00. The van der Waals surface area contributed by atoms with Gasteiger partial charge < -0.3 is 10.3 Å². The van der Waals surface area contributed by atoms with Gasteiger partial charge in [-0.3, -0.25) is 0 Å². The minimum Gasteiger partial charge on any atom is -0.358 e. The van der Waals surface area contributed by atoms with Crippen molar-refractivity contribution in [3.05, 3.63) is 34.5 Å². The monoisotopic (exact) mass is 228 g/mol. The minimum atomic E-state index is 0.669. The molecule has 2 heteroatoms. The zero-order valence-electron chi connectivity index (χ0n) is 10.9. The lowest BCUT2D eigenvalue weighted by atomic mass is 9.98. The van der Waals surface area contributed by atoms with E-state index in [1.807, 2.05) is 0 Å². The molecule has 1 aromatic heterocycles. The molecule has 0 bridgehead atoms. The van der Waals surface area contributed by atoms with Gasteiger partial charge >= 0.3 is 0 Å². The van der Waals surface area contributed by atoms with Gasteiger partial charge in [0.25, 0.3) is 0 Å². The molecule has 3 rings (SSSR count). The second-order valence-corrected chi connectivity index (χ2v) is 5.36. The van der Waals surface area contributed by atoms with Crippen molar-refractivity contribution in [2.75, 3.05) is 13.1 Å². The maximum Gasteiger partial charge on any atom is 0.0464 e. The molecule has 2 N–H and O–H groups in total. The fraction of sp³-hybridized carbons (Fsp3) is 0.467. The van der Waals surface area contributed by atoms with E-state index >= 15 is 0 Å². The van der Waals surface area contributed by atoms with Gasteiger partial charge in [0.15, 0.2) is 0 Å². The van der Waals surface area contributed by atoms with Crippen LogP contribution in [0.5, 0.6) is 0 Å².